The van der Waals surface area contributed by atoms with Gasteiger partial charge in [0.05, 0.1) is 43.1 Å². The van der Waals surface area contributed by atoms with Crippen LogP contribution in [0.3, 0.4) is 0 Å². The Kier molecular flexibility index (Phi) is 8.66. The van der Waals surface area contributed by atoms with Crippen LogP contribution in [0.1, 0.15) is 10.4 Å². The number of hydrogen-bond donors (Lipinski definition) is 2. The minimum Gasteiger partial charge on any atom is -0.496 e. The third-order valence-electron chi connectivity index (χ3n) is 3.88. The van der Waals surface area contributed by atoms with Gasteiger partial charge in [0.1, 0.15) is 17.4 Å². The molecule has 0 saturated carbocycles. The number of amides is 1. The Hall–Kier alpha value is -2.60. The van der Waals surface area contributed by atoms with Gasteiger partial charge in [-0.05, 0) is 30.3 Å². The lowest BCUT2D eigenvalue weighted by Crippen LogP contribution is -2.28. The molecular weight excluding hydrogens is 422 g/mol. The Morgan fingerprint density at radius 3 is 2.47 bits per heavy atom. The van der Waals surface area contributed by atoms with E-state index in [4.69, 9.17) is 14.2 Å². The van der Waals surface area contributed by atoms with E-state index < -0.39 is 27.6 Å². The van der Waals surface area contributed by atoms with Crippen molar-refractivity contribution in [2.75, 3.05) is 45.9 Å². The van der Waals surface area contributed by atoms with Crippen LogP contribution in [0.4, 0.5) is 14.5 Å². The van der Waals surface area contributed by atoms with Crippen LogP contribution in [0, 0.1) is 11.6 Å². The molecule has 11 heteroatoms. The van der Waals surface area contributed by atoms with Crippen molar-refractivity contribution in [2.45, 2.75) is 4.90 Å². The summed E-state index contributed by atoms with van der Waals surface area (Å²) < 4.78 is 69.3. The van der Waals surface area contributed by atoms with Gasteiger partial charge in [-0.25, -0.2) is 21.9 Å². The molecule has 0 bridgehead atoms. The first-order valence-corrected chi connectivity index (χ1v) is 10.3. The van der Waals surface area contributed by atoms with Crippen molar-refractivity contribution in [2.24, 2.45) is 0 Å². The van der Waals surface area contributed by atoms with E-state index in [1.54, 1.807) is 0 Å². The molecule has 0 unspecified atom stereocenters. The van der Waals surface area contributed by atoms with Crippen LogP contribution in [0.2, 0.25) is 0 Å². The Morgan fingerprint density at radius 1 is 1.03 bits per heavy atom. The van der Waals surface area contributed by atoms with Gasteiger partial charge >= 0.3 is 0 Å². The summed E-state index contributed by atoms with van der Waals surface area (Å²) >= 11 is 0. The molecule has 0 aliphatic carbocycles. The highest BCUT2D eigenvalue weighted by atomic mass is 32.2. The molecule has 0 radical (unpaired) electrons. The van der Waals surface area contributed by atoms with Crippen molar-refractivity contribution >= 4 is 21.6 Å². The Balaban J connectivity index is 2.16. The second-order valence-electron chi connectivity index (χ2n) is 5.94. The summed E-state index contributed by atoms with van der Waals surface area (Å²) in [4.78, 5) is 12.4. The number of carbonyl (C=O) groups excluding carboxylic acids is 1. The molecule has 0 aromatic heterocycles. The van der Waals surface area contributed by atoms with Crippen LogP contribution in [0.5, 0.6) is 5.75 Å². The summed E-state index contributed by atoms with van der Waals surface area (Å²) in [6.45, 7) is 0.861. The van der Waals surface area contributed by atoms with Gasteiger partial charge in [0.15, 0.2) is 0 Å². The summed E-state index contributed by atoms with van der Waals surface area (Å²) in [5.41, 5.74) is -0.400. The molecular formula is C19H22F2N2O6S. The Labute approximate surface area is 173 Å². The fourth-order valence-electron chi connectivity index (χ4n) is 2.39. The number of rotatable bonds is 11. The summed E-state index contributed by atoms with van der Waals surface area (Å²) in [6, 6.07) is 6.33. The van der Waals surface area contributed by atoms with Crippen molar-refractivity contribution in [1.29, 1.82) is 0 Å². The number of carbonyl (C=O) groups is 1. The van der Waals surface area contributed by atoms with Crippen molar-refractivity contribution in [3.63, 3.8) is 0 Å². The first-order valence-electron chi connectivity index (χ1n) is 8.79. The fourth-order valence-corrected chi connectivity index (χ4v) is 3.43. The number of ether oxygens (including phenoxy) is 3. The predicted molar refractivity (Wildman–Crippen MR) is 105 cm³/mol. The average Bonchev–Trinajstić information content (AvgIpc) is 2.72. The van der Waals surface area contributed by atoms with Crippen LogP contribution >= 0.6 is 0 Å². The molecule has 0 aliphatic heterocycles. The highest BCUT2D eigenvalue weighted by Gasteiger charge is 2.20. The highest BCUT2D eigenvalue weighted by molar-refractivity contribution is 7.89. The number of halogens is 2. The van der Waals surface area contributed by atoms with Crippen LogP contribution < -0.4 is 14.8 Å². The molecule has 2 aromatic carbocycles. The number of hydrogen-bond acceptors (Lipinski definition) is 6. The molecule has 2 N–H and O–H groups in total. The molecule has 0 fully saturated rings. The minimum absolute atomic E-state index is 0.0143. The smallest absolute Gasteiger partial charge is 0.259 e. The zero-order valence-corrected chi connectivity index (χ0v) is 17.2. The van der Waals surface area contributed by atoms with E-state index in [9.17, 15) is 22.0 Å². The number of sulfonamides is 1. The first-order chi connectivity index (χ1) is 14.3. The van der Waals surface area contributed by atoms with Crippen LogP contribution in [-0.2, 0) is 19.5 Å². The van der Waals surface area contributed by atoms with Crippen molar-refractivity contribution in [3.8, 4) is 5.75 Å². The van der Waals surface area contributed by atoms with Crippen molar-refractivity contribution in [1.82, 2.24) is 4.72 Å². The van der Waals surface area contributed by atoms with Gasteiger partial charge in [0.2, 0.25) is 10.0 Å². The maximum Gasteiger partial charge on any atom is 0.259 e. The maximum atomic E-state index is 13.8. The van der Waals surface area contributed by atoms with Crippen LogP contribution in [0.25, 0.3) is 0 Å². The van der Waals surface area contributed by atoms with E-state index >= 15 is 0 Å². The second kappa shape index (κ2) is 11.0. The van der Waals surface area contributed by atoms with Gasteiger partial charge < -0.3 is 19.5 Å². The molecule has 0 atom stereocenters. The fraction of sp³-hybridized carbons (Fsp3) is 0.316. The van der Waals surface area contributed by atoms with Gasteiger partial charge in [0.25, 0.3) is 5.91 Å². The molecule has 30 heavy (non-hydrogen) atoms. The predicted octanol–water partition coefficient (Wildman–Crippen LogP) is 2.17. The molecule has 2 rings (SSSR count). The van der Waals surface area contributed by atoms with E-state index in [-0.39, 0.29) is 35.0 Å². The highest BCUT2D eigenvalue weighted by Crippen LogP contribution is 2.24. The molecule has 0 saturated heterocycles. The third kappa shape index (κ3) is 6.46. The number of methoxy groups -OCH3 is 2. The molecule has 0 aliphatic rings. The van der Waals surface area contributed by atoms with Gasteiger partial charge in [0, 0.05) is 19.7 Å². The summed E-state index contributed by atoms with van der Waals surface area (Å²) in [7, 11) is -1.12. The lowest BCUT2D eigenvalue weighted by molar-refractivity contribution is 0.0736. The number of nitrogens with one attached hydrogen (secondary N) is 2. The van der Waals surface area contributed by atoms with Gasteiger partial charge in [-0.2, -0.15) is 0 Å². The second-order valence-corrected chi connectivity index (χ2v) is 7.71. The molecule has 0 heterocycles. The summed E-state index contributed by atoms with van der Waals surface area (Å²) in [5.74, 6) is -2.51. The average molecular weight is 444 g/mol. The summed E-state index contributed by atoms with van der Waals surface area (Å²) in [5, 5.41) is 2.27. The minimum atomic E-state index is -3.94. The molecule has 1 amide bonds. The summed E-state index contributed by atoms with van der Waals surface area (Å²) in [6.07, 6.45) is 0. The monoisotopic (exact) mass is 444 g/mol. The van der Waals surface area contributed by atoms with E-state index in [2.05, 4.69) is 10.0 Å². The SMILES string of the molecule is COCCOCCNS(=O)(=O)c1ccc(OC)c(C(=O)Nc2ccc(F)cc2F)c1. The number of benzene rings is 2. The molecule has 2 aromatic rings. The largest absolute Gasteiger partial charge is 0.496 e. The Bertz CT molecular complexity index is 985. The zero-order valence-electron chi connectivity index (χ0n) is 16.4. The van der Waals surface area contributed by atoms with Crippen LogP contribution in [0.15, 0.2) is 41.3 Å². The topological polar surface area (TPSA) is 103 Å². The van der Waals surface area contributed by atoms with Gasteiger partial charge in [-0.3, -0.25) is 4.79 Å². The van der Waals surface area contributed by atoms with Crippen LogP contribution in [-0.4, -0.2) is 54.9 Å². The van der Waals surface area contributed by atoms with Gasteiger partial charge in [-0.15, -0.1) is 0 Å². The molecule has 164 valence electrons. The quantitative estimate of drug-likeness (QED) is 0.515. The van der Waals surface area contributed by atoms with E-state index in [1.165, 1.54) is 26.4 Å². The molecule has 8 nitrogen and oxygen atoms in total. The lowest BCUT2D eigenvalue weighted by Gasteiger charge is -2.13. The third-order valence-corrected chi connectivity index (χ3v) is 5.33. The zero-order chi connectivity index (χ0) is 22.1. The van der Waals surface area contributed by atoms with Crippen molar-refractivity contribution < 1.29 is 36.2 Å². The lowest BCUT2D eigenvalue weighted by atomic mass is 10.1. The maximum absolute atomic E-state index is 13.8. The van der Waals surface area contributed by atoms with E-state index in [0.29, 0.717) is 19.3 Å². The first kappa shape index (κ1) is 23.7. The van der Waals surface area contributed by atoms with E-state index in [0.717, 1.165) is 18.2 Å². The molecule has 0 spiro atoms. The Morgan fingerprint density at radius 2 is 1.80 bits per heavy atom. The standard InChI is InChI=1S/C19H22F2N2O6S/c1-27-9-10-29-8-7-22-30(25,26)14-4-6-18(28-2)15(12-14)19(24)23-17-5-3-13(20)11-16(17)21/h3-6,11-12,22H,7-10H2,1-2H3,(H,23,24). The normalized spacial score (nSPS) is 11.3. The van der Waals surface area contributed by atoms with E-state index in [1.807, 2.05) is 0 Å². The van der Waals surface area contributed by atoms with Crippen molar-refractivity contribution in [3.05, 3.63) is 53.6 Å². The number of anilines is 1. The van der Waals surface area contributed by atoms with Gasteiger partial charge in [-0.1, -0.05) is 0 Å².